The van der Waals surface area contributed by atoms with E-state index in [2.05, 4.69) is 5.32 Å². The molecule has 0 radical (unpaired) electrons. The van der Waals surface area contributed by atoms with Crippen LogP contribution in [0.1, 0.15) is 12.8 Å². The third-order valence-corrected chi connectivity index (χ3v) is 3.81. The molecule has 0 saturated carbocycles. The molecule has 9 nitrogen and oxygen atoms in total. The quantitative estimate of drug-likeness (QED) is 0.564. The van der Waals surface area contributed by atoms with E-state index < -0.39 is 36.3 Å². The van der Waals surface area contributed by atoms with Crippen LogP contribution < -0.4 is 11.1 Å². The van der Waals surface area contributed by atoms with Gasteiger partial charge >= 0.3 is 12.0 Å². The van der Waals surface area contributed by atoms with E-state index in [-0.39, 0.29) is 25.6 Å². The zero-order valence-corrected chi connectivity index (χ0v) is 11.4. The molecule has 2 unspecified atom stereocenters. The van der Waals surface area contributed by atoms with Gasteiger partial charge in [0.1, 0.15) is 6.04 Å². The lowest BCUT2D eigenvalue weighted by molar-refractivity contribution is -0.142. The van der Waals surface area contributed by atoms with Gasteiger partial charge in [-0.3, -0.25) is 14.4 Å². The molecule has 0 spiro atoms. The third kappa shape index (κ3) is 3.23. The highest BCUT2D eigenvalue weighted by Crippen LogP contribution is 2.20. The lowest BCUT2D eigenvalue weighted by Gasteiger charge is -2.36. The highest BCUT2D eigenvalue weighted by Gasteiger charge is 2.39. The SMILES string of the molecule is NC(=O)C1CCN(C(=O)N2CCNC(=O)C2CC(=O)O)C1. The van der Waals surface area contributed by atoms with Gasteiger partial charge in [0.05, 0.1) is 12.3 Å². The number of piperazine rings is 1. The molecular formula is C12H18N4O5. The zero-order valence-electron chi connectivity index (χ0n) is 11.4. The standard InChI is InChI=1S/C12H18N4O5/c13-10(19)7-1-3-15(6-7)12(21)16-4-2-14-11(20)8(16)5-9(17)18/h7-8H,1-6H2,(H2,13,19)(H,14,20)(H,17,18). The number of urea groups is 1. The molecular weight excluding hydrogens is 280 g/mol. The summed E-state index contributed by atoms with van der Waals surface area (Å²) in [5.74, 6) is -2.46. The summed E-state index contributed by atoms with van der Waals surface area (Å²) in [5.41, 5.74) is 5.22. The van der Waals surface area contributed by atoms with E-state index in [4.69, 9.17) is 10.8 Å². The number of carbonyl (C=O) groups excluding carboxylic acids is 3. The molecule has 0 aromatic heterocycles. The summed E-state index contributed by atoms with van der Waals surface area (Å²) in [7, 11) is 0. The number of hydrogen-bond acceptors (Lipinski definition) is 4. The molecule has 2 aliphatic rings. The summed E-state index contributed by atoms with van der Waals surface area (Å²) in [5, 5.41) is 11.4. The number of carboxylic acids is 1. The van der Waals surface area contributed by atoms with Crippen LogP contribution in [-0.2, 0) is 14.4 Å². The Hall–Kier alpha value is -2.32. The van der Waals surface area contributed by atoms with E-state index in [1.807, 2.05) is 0 Å². The van der Waals surface area contributed by atoms with Gasteiger partial charge in [0.15, 0.2) is 0 Å². The summed E-state index contributed by atoms with van der Waals surface area (Å²) in [4.78, 5) is 48.9. The topological polar surface area (TPSA) is 133 Å². The minimum Gasteiger partial charge on any atom is -0.481 e. The molecule has 21 heavy (non-hydrogen) atoms. The third-order valence-electron chi connectivity index (χ3n) is 3.81. The van der Waals surface area contributed by atoms with Gasteiger partial charge in [0.2, 0.25) is 11.8 Å². The van der Waals surface area contributed by atoms with Crippen molar-refractivity contribution in [2.24, 2.45) is 11.7 Å². The van der Waals surface area contributed by atoms with Crippen LogP contribution in [0.15, 0.2) is 0 Å². The van der Waals surface area contributed by atoms with Crippen molar-refractivity contribution in [3.63, 3.8) is 0 Å². The summed E-state index contributed by atoms with van der Waals surface area (Å²) in [6.45, 7) is 1.13. The number of carboxylic acid groups (broad SMARTS) is 1. The van der Waals surface area contributed by atoms with Crippen LogP contribution in [0.4, 0.5) is 4.79 Å². The molecule has 9 heteroatoms. The second kappa shape index (κ2) is 5.98. The Kier molecular flexibility index (Phi) is 4.29. The number of amides is 4. The van der Waals surface area contributed by atoms with Gasteiger partial charge in [-0.1, -0.05) is 0 Å². The molecule has 0 bridgehead atoms. The van der Waals surface area contributed by atoms with Gasteiger partial charge in [-0.2, -0.15) is 0 Å². The molecule has 0 aromatic rings. The number of nitrogens with zero attached hydrogens (tertiary/aromatic N) is 2. The number of primary amides is 1. The Morgan fingerprint density at radius 3 is 2.62 bits per heavy atom. The zero-order chi connectivity index (χ0) is 15.6. The van der Waals surface area contributed by atoms with Gasteiger partial charge in [-0.15, -0.1) is 0 Å². The average Bonchev–Trinajstić information content (AvgIpc) is 2.89. The molecule has 4 N–H and O–H groups in total. The number of rotatable bonds is 3. The summed E-state index contributed by atoms with van der Waals surface area (Å²) < 4.78 is 0. The molecule has 2 fully saturated rings. The Balaban J connectivity index is 2.07. The number of nitrogens with two attached hydrogens (primary N) is 1. The minimum absolute atomic E-state index is 0.214. The molecule has 0 aromatic carbocycles. The van der Waals surface area contributed by atoms with Crippen LogP contribution in [0.5, 0.6) is 0 Å². The molecule has 2 atom stereocenters. The summed E-state index contributed by atoms with van der Waals surface area (Å²) in [6, 6.07) is -1.43. The van der Waals surface area contributed by atoms with Gasteiger partial charge in [-0.25, -0.2) is 4.79 Å². The van der Waals surface area contributed by atoms with Crippen molar-refractivity contribution in [2.75, 3.05) is 26.2 Å². The van der Waals surface area contributed by atoms with E-state index in [1.165, 1.54) is 9.80 Å². The Morgan fingerprint density at radius 1 is 1.33 bits per heavy atom. The number of carbonyl (C=O) groups is 4. The normalized spacial score (nSPS) is 25.6. The molecule has 2 aliphatic heterocycles. The largest absolute Gasteiger partial charge is 0.481 e. The van der Waals surface area contributed by atoms with E-state index in [1.54, 1.807) is 0 Å². The van der Waals surface area contributed by atoms with Crippen molar-refractivity contribution in [3.8, 4) is 0 Å². The van der Waals surface area contributed by atoms with Crippen molar-refractivity contribution < 1.29 is 24.3 Å². The fourth-order valence-corrected chi connectivity index (χ4v) is 2.66. The van der Waals surface area contributed by atoms with Gasteiger partial charge in [-0.05, 0) is 6.42 Å². The van der Waals surface area contributed by atoms with E-state index in [0.29, 0.717) is 13.0 Å². The highest BCUT2D eigenvalue weighted by molar-refractivity contribution is 5.91. The first-order valence-electron chi connectivity index (χ1n) is 6.74. The molecule has 0 aliphatic carbocycles. The number of aliphatic carboxylic acids is 1. The second-order valence-electron chi connectivity index (χ2n) is 5.21. The highest BCUT2D eigenvalue weighted by atomic mass is 16.4. The lowest BCUT2D eigenvalue weighted by atomic mass is 10.1. The number of hydrogen-bond donors (Lipinski definition) is 3. The first-order chi connectivity index (χ1) is 9.90. The first kappa shape index (κ1) is 15.1. The molecule has 2 saturated heterocycles. The molecule has 4 amide bonds. The minimum atomic E-state index is -1.15. The number of nitrogens with one attached hydrogen (secondary N) is 1. The van der Waals surface area contributed by atoms with Crippen LogP contribution in [-0.4, -0.2) is 70.9 Å². The van der Waals surface area contributed by atoms with Crippen molar-refractivity contribution >= 4 is 23.8 Å². The van der Waals surface area contributed by atoms with Crippen molar-refractivity contribution in [2.45, 2.75) is 18.9 Å². The maximum atomic E-state index is 12.4. The van der Waals surface area contributed by atoms with E-state index >= 15 is 0 Å². The molecule has 2 heterocycles. The smallest absolute Gasteiger partial charge is 0.320 e. The second-order valence-corrected chi connectivity index (χ2v) is 5.21. The maximum absolute atomic E-state index is 12.4. The lowest BCUT2D eigenvalue weighted by Crippen LogP contribution is -2.60. The predicted molar refractivity (Wildman–Crippen MR) is 70.0 cm³/mol. The van der Waals surface area contributed by atoms with Crippen molar-refractivity contribution in [1.29, 1.82) is 0 Å². The fourth-order valence-electron chi connectivity index (χ4n) is 2.66. The van der Waals surface area contributed by atoms with Gasteiger partial charge in [0.25, 0.3) is 0 Å². The van der Waals surface area contributed by atoms with Crippen LogP contribution >= 0.6 is 0 Å². The fraction of sp³-hybridized carbons (Fsp3) is 0.667. The predicted octanol–water partition coefficient (Wildman–Crippen LogP) is -1.81. The van der Waals surface area contributed by atoms with Gasteiger partial charge < -0.3 is 26.0 Å². The van der Waals surface area contributed by atoms with Crippen LogP contribution in [0, 0.1) is 5.92 Å². The van der Waals surface area contributed by atoms with Crippen LogP contribution in [0.2, 0.25) is 0 Å². The maximum Gasteiger partial charge on any atom is 0.320 e. The summed E-state index contributed by atoms with van der Waals surface area (Å²) in [6.07, 6.45) is 0.0510. The molecule has 116 valence electrons. The Bertz CT molecular complexity index is 480. The van der Waals surface area contributed by atoms with E-state index in [0.717, 1.165) is 0 Å². The average molecular weight is 298 g/mol. The van der Waals surface area contributed by atoms with E-state index in [9.17, 15) is 19.2 Å². The molecule has 2 rings (SSSR count). The van der Waals surface area contributed by atoms with Crippen molar-refractivity contribution in [3.05, 3.63) is 0 Å². The monoisotopic (exact) mass is 298 g/mol. The first-order valence-corrected chi connectivity index (χ1v) is 6.74. The summed E-state index contributed by atoms with van der Waals surface area (Å²) >= 11 is 0. The van der Waals surface area contributed by atoms with Crippen molar-refractivity contribution in [1.82, 2.24) is 15.1 Å². The van der Waals surface area contributed by atoms with Crippen LogP contribution in [0.3, 0.4) is 0 Å². The van der Waals surface area contributed by atoms with Gasteiger partial charge in [0, 0.05) is 26.2 Å². The number of likely N-dealkylation sites (tertiary alicyclic amines) is 1. The Labute approximate surface area is 121 Å². The Morgan fingerprint density at radius 2 is 2.05 bits per heavy atom. The van der Waals surface area contributed by atoms with Crippen LogP contribution in [0.25, 0.3) is 0 Å².